The third-order valence-corrected chi connectivity index (χ3v) is 5.17. The van der Waals surface area contributed by atoms with Crippen molar-refractivity contribution in [1.82, 2.24) is 4.90 Å². The minimum Gasteiger partial charge on any atom is -0.486 e. The Morgan fingerprint density at radius 1 is 1.12 bits per heavy atom. The molecule has 1 amide bonds. The van der Waals surface area contributed by atoms with Gasteiger partial charge in [0.05, 0.1) is 0 Å². The fourth-order valence-corrected chi connectivity index (χ4v) is 3.79. The Morgan fingerprint density at radius 2 is 1.92 bits per heavy atom. The van der Waals surface area contributed by atoms with Crippen LogP contribution in [0.2, 0.25) is 0 Å². The summed E-state index contributed by atoms with van der Waals surface area (Å²) in [6.07, 6.45) is 3.09. The first-order valence-corrected chi connectivity index (χ1v) is 8.58. The molecule has 1 N–H and O–H groups in total. The number of amides is 1. The highest BCUT2D eigenvalue weighted by molar-refractivity contribution is 5.88. The predicted molar refractivity (Wildman–Crippen MR) is 85.3 cm³/mol. The van der Waals surface area contributed by atoms with E-state index in [1.165, 1.54) is 0 Å². The van der Waals surface area contributed by atoms with Crippen LogP contribution in [0.25, 0.3) is 0 Å². The third kappa shape index (κ3) is 2.70. The molecule has 1 aromatic carbocycles. The summed E-state index contributed by atoms with van der Waals surface area (Å²) < 4.78 is 11.1. The first-order valence-electron chi connectivity index (χ1n) is 8.58. The SMILES string of the molecule is O=C(O)[C@@H]1CCCCN1C(=O)[C@@H]1C[C@@H]1c1ccc2c(c1)OCCO2. The maximum Gasteiger partial charge on any atom is 0.326 e. The molecule has 24 heavy (non-hydrogen) atoms. The van der Waals surface area contributed by atoms with Gasteiger partial charge in [-0.1, -0.05) is 6.07 Å². The molecule has 6 heteroatoms. The van der Waals surface area contributed by atoms with Crippen LogP contribution >= 0.6 is 0 Å². The molecule has 0 bridgehead atoms. The summed E-state index contributed by atoms with van der Waals surface area (Å²) >= 11 is 0. The van der Waals surface area contributed by atoms with Crippen LogP contribution in [0.3, 0.4) is 0 Å². The van der Waals surface area contributed by atoms with Gasteiger partial charge >= 0.3 is 5.97 Å². The molecule has 0 aromatic heterocycles. The summed E-state index contributed by atoms with van der Waals surface area (Å²) in [7, 11) is 0. The van der Waals surface area contributed by atoms with Gasteiger partial charge in [0.1, 0.15) is 19.3 Å². The smallest absolute Gasteiger partial charge is 0.326 e. The molecule has 1 saturated heterocycles. The molecule has 2 heterocycles. The molecule has 1 aromatic rings. The maximum atomic E-state index is 12.8. The van der Waals surface area contributed by atoms with Gasteiger partial charge < -0.3 is 19.5 Å². The van der Waals surface area contributed by atoms with E-state index in [-0.39, 0.29) is 17.7 Å². The summed E-state index contributed by atoms with van der Waals surface area (Å²) in [6, 6.07) is 5.17. The van der Waals surface area contributed by atoms with Gasteiger partial charge in [0.2, 0.25) is 5.91 Å². The largest absolute Gasteiger partial charge is 0.486 e. The van der Waals surface area contributed by atoms with Gasteiger partial charge in [-0.3, -0.25) is 4.79 Å². The maximum absolute atomic E-state index is 12.8. The van der Waals surface area contributed by atoms with Crippen molar-refractivity contribution < 1.29 is 24.2 Å². The van der Waals surface area contributed by atoms with Gasteiger partial charge in [-0.05, 0) is 49.3 Å². The number of rotatable bonds is 3. The lowest BCUT2D eigenvalue weighted by atomic mass is 10.0. The van der Waals surface area contributed by atoms with Crippen molar-refractivity contribution in [3.05, 3.63) is 23.8 Å². The molecule has 4 rings (SSSR count). The van der Waals surface area contributed by atoms with Crippen molar-refractivity contribution >= 4 is 11.9 Å². The van der Waals surface area contributed by atoms with E-state index in [2.05, 4.69) is 0 Å². The second-order valence-electron chi connectivity index (χ2n) is 6.73. The number of fused-ring (bicyclic) bond motifs is 1. The molecule has 2 fully saturated rings. The highest BCUT2D eigenvalue weighted by atomic mass is 16.6. The van der Waals surface area contributed by atoms with Crippen LogP contribution in [0, 0.1) is 5.92 Å². The molecule has 2 aliphatic heterocycles. The van der Waals surface area contributed by atoms with Crippen molar-refractivity contribution in [2.24, 2.45) is 5.92 Å². The highest BCUT2D eigenvalue weighted by Crippen LogP contribution is 2.50. The molecule has 3 atom stereocenters. The highest BCUT2D eigenvalue weighted by Gasteiger charge is 2.48. The third-order valence-electron chi connectivity index (χ3n) is 5.17. The summed E-state index contributed by atoms with van der Waals surface area (Å²) in [5.41, 5.74) is 1.07. The Balaban J connectivity index is 1.47. The van der Waals surface area contributed by atoms with Gasteiger partial charge in [0, 0.05) is 12.5 Å². The van der Waals surface area contributed by atoms with Gasteiger partial charge in [-0.2, -0.15) is 0 Å². The molecule has 0 unspecified atom stereocenters. The van der Waals surface area contributed by atoms with E-state index in [9.17, 15) is 14.7 Å². The van der Waals surface area contributed by atoms with E-state index in [1.54, 1.807) is 4.90 Å². The van der Waals surface area contributed by atoms with Crippen LogP contribution < -0.4 is 9.47 Å². The number of piperidine rings is 1. The fourth-order valence-electron chi connectivity index (χ4n) is 3.79. The van der Waals surface area contributed by atoms with Crippen LogP contribution in [0.15, 0.2) is 18.2 Å². The van der Waals surface area contributed by atoms with Gasteiger partial charge in [-0.15, -0.1) is 0 Å². The molecule has 6 nitrogen and oxygen atoms in total. The molecular weight excluding hydrogens is 310 g/mol. The zero-order chi connectivity index (χ0) is 16.7. The quantitative estimate of drug-likeness (QED) is 0.917. The normalized spacial score (nSPS) is 28.3. The first kappa shape index (κ1) is 15.3. The number of carboxylic acid groups (broad SMARTS) is 1. The lowest BCUT2D eigenvalue weighted by molar-refractivity contribution is -0.152. The molecule has 3 aliphatic rings. The number of carbonyl (C=O) groups is 2. The van der Waals surface area contributed by atoms with Crippen LogP contribution in [-0.2, 0) is 9.59 Å². The number of benzene rings is 1. The number of carbonyl (C=O) groups excluding carboxylic acids is 1. The number of nitrogens with zero attached hydrogens (tertiary/aromatic N) is 1. The average molecular weight is 331 g/mol. The molecule has 128 valence electrons. The summed E-state index contributed by atoms with van der Waals surface area (Å²) in [6.45, 7) is 1.65. The zero-order valence-corrected chi connectivity index (χ0v) is 13.4. The van der Waals surface area contributed by atoms with E-state index >= 15 is 0 Å². The molecule has 1 saturated carbocycles. The topological polar surface area (TPSA) is 76.1 Å². The van der Waals surface area contributed by atoms with E-state index in [1.807, 2.05) is 18.2 Å². The van der Waals surface area contributed by atoms with E-state index < -0.39 is 12.0 Å². The fraction of sp³-hybridized carbons (Fsp3) is 0.556. The van der Waals surface area contributed by atoms with Crippen LogP contribution in [0.4, 0.5) is 0 Å². The summed E-state index contributed by atoms with van der Waals surface area (Å²) in [5, 5.41) is 9.35. The van der Waals surface area contributed by atoms with Gasteiger partial charge in [-0.25, -0.2) is 4.79 Å². The van der Waals surface area contributed by atoms with Gasteiger partial charge in [0.25, 0.3) is 0 Å². The second-order valence-corrected chi connectivity index (χ2v) is 6.73. The van der Waals surface area contributed by atoms with Crippen molar-refractivity contribution in [3.8, 4) is 11.5 Å². The number of ether oxygens (including phenoxy) is 2. The predicted octanol–water partition coefficient (Wildman–Crippen LogP) is 2.03. The van der Waals surface area contributed by atoms with Crippen molar-refractivity contribution in [2.45, 2.75) is 37.6 Å². The number of aliphatic carboxylic acids is 1. The van der Waals surface area contributed by atoms with Gasteiger partial charge in [0.15, 0.2) is 11.5 Å². The van der Waals surface area contributed by atoms with Crippen molar-refractivity contribution in [1.29, 1.82) is 0 Å². The van der Waals surface area contributed by atoms with Crippen molar-refractivity contribution in [3.63, 3.8) is 0 Å². The minimum absolute atomic E-state index is 0.0120. The lowest BCUT2D eigenvalue weighted by Gasteiger charge is -2.33. The Labute approximate surface area is 140 Å². The number of hydrogen-bond donors (Lipinski definition) is 1. The van der Waals surface area contributed by atoms with E-state index in [0.717, 1.165) is 36.3 Å². The van der Waals surface area contributed by atoms with E-state index in [4.69, 9.17) is 9.47 Å². The Morgan fingerprint density at radius 3 is 2.71 bits per heavy atom. The van der Waals surface area contributed by atoms with Crippen LogP contribution in [0.5, 0.6) is 11.5 Å². The molecule has 0 spiro atoms. The zero-order valence-electron chi connectivity index (χ0n) is 13.4. The van der Waals surface area contributed by atoms with Crippen LogP contribution in [0.1, 0.15) is 37.2 Å². The standard InChI is InChI=1S/C18H21NO5/c20-17(19-6-2-1-3-14(19)18(21)22)13-10-12(13)11-4-5-15-16(9-11)24-8-7-23-15/h4-5,9,12-14H,1-3,6-8,10H2,(H,21,22)/t12-,13-,14+/m1/s1. The minimum atomic E-state index is -0.889. The lowest BCUT2D eigenvalue weighted by Crippen LogP contribution is -2.48. The summed E-state index contributed by atoms with van der Waals surface area (Å²) in [5.74, 6) is 0.632. The number of likely N-dealkylation sites (tertiary alicyclic amines) is 1. The Hall–Kier alpha value is -2.24. The second kappa shape index (κ2) is 6.00. The van der Waals surface area contributed by atoms with E-state index in [0.29, 0.717) is 26.2 Å². The monoisotopic (exact) mass is 331 g/mol. The Kier molecular flexibility index (Phi) is 3.82. The Bertz CT molecular complexity index is 673. The summed E-state index contributed by atoms with van der Waals surface area (Å²) in [4.78, 5) is 25.7. The molecular formula is C18H21NO5. The van der Waals surface area contributed by atoms with Crippen molar-refractivity contribution in [2.75, 3.05) is 19.8 Å². The first-order chi connectivity index (χ1) is 11.6. The number of carboxylic acids is 1. The average Bonchev–Trinajstić information content (AvgIpc) is 3.41. The number of hydrogen-bond acceptors (Lipinski definition) is 4. The molecule has 0 radical (unpaired) electrons. The van der Waals surface area contributed by atoms with Crippen LogP contribution in [-0.4, -0.2) is 47.7 Å². The molecule has 1 aliphatic carbocycles.